The van der Waals surface area contributed by atoms with Crippen molar-refractivity contribution in [1.29, 1.82) is 0 Å². The third kappa shape index (κ3) is 1.80. The minimum absolute atomic E-state index is 0.100. The molecular formula is C20H30O2. The zero-order valence-corrected chi connectivity index (χ0v) is 13.8. The predicted molar refractivity (Wildman–Crippen MR) is 88.2 cm³/mol. The highest BCUT2D eigenvalue weighted by Gasteiger charge is 2.58. The maximum absolute atomic E-state index is 10.5. The van der Waals surface area contributed by atoms with Crippen molar-refractivity contribution >= 4 is 0 Å². The van der Waals surface area contributed by atoms with Gasteiger partial charge in [0.15, 0.2) is 0 Å². The van der Waals surface area contributed by atoms with E-state index in [9.17, 15) is 10.2 Å². The molecular weight excluding hydrogens is 272 g/mol. The molecule has 4 aliphatic carbocycles. The molecule has 2 nitrogen and oxygen atoms in total. The lowest BCUT2D eigenvalue weighted by Crippen LogP contribution is -2.51. The Bertz CT molecular complexity index is 510. The molecule has 4 rings (SSSR count). The first kappa shape index (κ1) is 15.0. The second-order valence-electron chi connectivity index (χ2n) is 8.62. The SMILES string of the molecule is C=C[C@]12CCC(O)CC1=CCC1C3CCC(O)[C@@]3(C)CCC12. The highest BCUT2D eigenvalue weighted by Crippen LogP contribution is 2.65. The summed E-state index contributed by atoms with van der Waals surface area (Å²) in [6.07, 6.45) is 12.9. The van der Waals surface area contributed by atoms with Gasteiger partial charge in [-0.15, -0.1) is 6.58 Å². The lowest BCUT2D eigenvalue weighted by Gasteiger charge is -2.57. The molecule has 0 spiro atoms. The molecule has 0 saturated heterocycles. The van der Waals surface area contributed by atoms with Crippen molar-refractivity contribution < 1.29 is 10.2 Å². The van der Waals surface area contributed by atoms with E-state index in [2.05, 4.69) is 25.7 Å². The molecule has 0 amide bonds. The number of fused-ring (bicyclic) bond motifs is 5. The van der Waals surface area contributed by atoms with E-state index in [1.54, 1.807) is 0 Å². The highest BCUT2D eigenvalue weighted by molar-refractivity contribution is 5.31. The Morgan fingerprint density at radius 1 is 1.14 bits per heavy atom. The molecule has 0 aromatic carbocycles. The average molecular weight is 302 g/mol. The van der Waals surface area contributed by atoms with Crippen molar-refractivity contribution in [2.45, 2.75) is 70.5 Å². The summed E-state index contributed by atoms with van der Waals surface area (Å²) in [6, 6.07) is 0. The summed E-state index contributed by atoms with van der Waals surface area (Å²) in [5, 5.41) is 20.6. The number of hydrogen-bond donors (Lipinski definition) is 2. The van der Waals surface area contributed by atoms with E-state index in [1.165, 1.54) is 18.4 Å². The predicted octanol–water partition coefficient (Wildman–Crippen LogP) is 3.84. The first-order chi connectivity index (χ1) is 10.5. The van der Waals surface area contributed by atoms with Gasteiger partial charge in [0, 0.05) is 5.41 Å². The van der Waals surface area contributed by atoms with Gasteiger partial charge in [-0.05, 0) is 74.5 Å². The molecule has 2 N–H and O–H groups in total. The van der Waals surface area contributed by atoms with E-state index in [-0.39, 0.29) is 23.0 Å². The first-order valence-corrected chi connectivity index (χ1v) is 9.20. The van der Waals surface area contributed by atoms with Crippen molar-refractivity contribution in [2.75, 3.05) is 0 Å². The van der Waals surface area contributed by atoms with Crippen molar-refractivity contribution in [1.82, 2.24) is 0 Å². The largest absolute Gasteiger partial charge is 0.393 e. The molecule has 0 aromatic heterocycles. The van der Waals surface area contributed by atoms with Crippen LogP contribution in [0.5, 0.6) is 0 Å². The molecule has 0 bridgehead atoms. The number of aliphatic hydroxyl groups excluding tert-OH is 2. The molecule has 5 unspecified atom stereocenters. The van der Waals surface area contributed by atoms with Crippen molar-refractivity contribution in [3.05, 3.63) is 24.3 Å². The number of allylic oxidation sites excluding steroid dienone is 2. The third-order valence-corrected chi connectivity index (χ3v) is 7.99. The van der Waals surface area contributed by atoms with Crippen molar-refractivity contribution in [3.8, 4) is 0 Å². The van der Waals surface area contributed by atoms with Gasteiger partial charge in [0.05, 0.1) is 12.2 Å². The summed E-state index contributed by atoms with van der Waals surface area (Å²) < 4.78 is 0. The molecule has 0 heterocycles. The summed E-state index contributed by atoms with van der Waals surface area (Å²) in [5.74, 6) is 2.05. The van der Waals surface area contributed by atoms with Gasteiger partial charge < -0.3 is 10.2 Å². The maximum Gasteiger partial charge on any atom is 0.0596 e. The zero-order chi connectivity index (χ0) is 15.5. The van der Waals surface area contributed by atoms with E-state index in [4.69, 9.17) is 0 Å². The standard InChI is InChI=1S/C20H30O2/c1-3-20-11-8-14(21)12-13(20)4-5-15-16-6-7-18(22)19(16,2)10-9-17(15)20/h3-4,14-18,21-22H,1,5-12H2,2H3/t14?,15?,16?,17?,18?,19-,20-/m0/s1. The van der Waals surface area contributed by atoms with Gasteiger partial charge >= 0.3 is 0 Å². The van der Waals surface area contributed by atoms with E-state index < -0.39 is 0 Å². The monoisotopic (exact) mass is 302 g/mol. The summed E-state index contributed by atoms with van der Waals surface area (Å²) in [5.41, 5.74) is 1.74. The minimum Gasteiger partial charge on any atom is -0.393 e. The van der Waals surface area contributed by atoms with E-state index >= 15 is 0 Å². The van der Waals surface area contributed by atoms with Crippen molar-refractivity contribution in [2.24, 2.45) is 28.6 Å². The summed E-state index contributed by atoms with van der Waals surface area (Å²) in [6.45, 7) is 6.55. The minimum atomic E-state index is -0.155. The Balaban J connectivity index is 1.72. The van der Waals surface area contributed by atoms with Gasteiger partial charge in [0.2, 0.25) is 0 Å². The molecule has 22 heavy (non-hydrogen) atoms. The van der Waals surface area contributed by atoms with Crippen LogP contribution < -0.4 is 0 Å². The molecule has 0 aliphatic heterocycles. The van der Waals surface area contributed by atoms with Crippen LogP contribution in [-0.2, 0) is 0 Å². The van der Waals surface area contributed by atoms with Gasteiger partial charge in [-0.2, -0.15) is 0 Å². The molecule has 3 fully saturated rings. The topological polar surface area (TPSA) is 40.5 Å². The van der Waals surface area contributed by atoms with E-state index in [0.29, 0.717) is 17.8 Å². The van der Waals surface area contributed by atoms with Crippen LogP contribution in [0, 0.1) is 28.6 Å². The third-order valence-electron chi connectivity index (χ3n) is 7.99. The lowest BCUT2D eigenvalue weighted by molar-refractivity contribution is -0.0642. The fraction of sp³-hybridized carbons (Fsp3) is 0.800. The Morgan fingerprint density at radius 3 is 2.73 bits per heavy atom. The molecule has 0 radical (unpaired) electrons. The number of hydrogen-bond acceptors (Lipinski definition) is 2. The van der Waals surface area contributed by atoms with Crippen LogP contribution in [0.4, 0.5) is 0 Å². The lowest BCUT2D eigenvalue weighted by atomic mass is 9.47. The quantitative estimate of drug-likeness (QED) is 0.723. The van der Waals surface area contributed by atoms with Gasteiger partial charge in [-0.3, -0.25) is 0 Å². The molecule has 3 saturated carbocycles. The van der Waals surface area contributed by atoms with Gasteiger partial charge in [0.25, 0.3) is 0 Å². The zero-order valence-electron chi connectivity index (χ0n) is 13.8. The Kier molecular flexibility index (Phi) is 3.36. The molecule has 4 aliphatic rings. The number of aliphatic hydroxyl groups is 2. The highest BCUT2D eigenvalue weighted by atomic mass is 16.3. The van der Waals surface area contributed by atoms with Crippen molar-refractivity contribution in [3.63, 3.8) is 0 Å². The summed E-state index contributed by atoms with van der Waals surface area (Å²) in [4.78, 5) is 0. The van der Waals surface area contributed by atoms with Gasteiger partial charge in [-0.1, -0.05) is 24.6 Å². The fourth-order valence-electron chi connectivity index (χ4n) is 6.70. The van der Waals surface area contributed by atoms with Crippen LogP contribution in [0.3, 0.4) is 0 Å². The first-order valence-electron chi connectivity index (χ1n) is 9.20. The Hall–Kier alpha value is -0.600. The molecule has 122 valence electrons. The fourth-order valence-corrected chi connectivity index (χ4v) is 6.70. The maximum atomic E-state index is 10.5. The second kappa shape index (κ2) is 4.95. The van der Waals surface area contributed by atoms with Crippen LogP contribution in [0.15, 0.2) is 24.3 Å². The molecule has 0 aromatic rings. The van der Waals surface area contributed by atoms with Gasteiger partial charge in [-0.25, -0.2) is 0 Å². The Morgan fingerprint density at radius 2 is 1.95 bits per heavy atom. The number of rotatable bonds is 1. The molecule has 2 heteroatoms. The van der Waals surface area contributed by atoms with Gasteiger partial charge in [0.1, 0.15) is 0 Å². The van der Waals surface area contributed by atoms with Crippen LogP contribution in [-0.4, -0.2) is 22.4 Å². The Labute approximate surface area is 134 Å². The van der Waals surface area contributed by atoms with E-state index in [1.807, 2.05) is 0 Å². The molecule has 7 atom stereocenters. The van der Waals surface area contributed by atoms with Crippen LogP contribution in [0.1, 0.15) is 58.3 Å². The van der Waals surface area contributed by atoms with Crippen LogP contribution in [0.2, 0.25) is 0 Å². The van der Waals surface area contributed by atoms with Crippen LogP contribution in [0.25, 0.3) is 0 Å². The average Bonchev–Trinajstić information content (AvgIpc) is 2.82. The smallest absolute Gasteiger partial charge is 0.0596 e. The van der Waals surface area contributed by atoms with E-state index in [0.717, 1.165) is 38.5 Å². The normalized spacial score (nSPS) is 54.0. The second-order valence-corrected chi connectivity index (χ2v) is 8.62. The summed E-state index contributed by atoms with van der Waals surface area (Å²) in [7, 11) is 0. The summed E-state index contributed by atoms with van der Waals surface area (Å²) >= 11 is 0. The van der Waals surface area contributed by atoms with Crippen LogP contribution >= 0.6 is 0 Å².